The maximum Gasteiger partial charge on any atom is 0.324 e. The monoisotopic (exact) mass is 1020 g/mol. The van der Waals surface area contributed by atoms with Crippen molar-refractivity contribution in [2.75, 3.05) is 53.5 Å². The smallest absolute Gasteiger partial charge is 0.324 e. The number of esters is 1. The topological polar surface area (TPSA) is 172 Å². The van der Waals surface area contributed by atoms with E-state index in [0.29, 0.717) is 51.0 Å². The number of hydrogen-bond donors (Lipinski definition) is 2. The predicted octanol–water partition coefficient (Wildman–Crippen LogP) is 6.56. The third-order valence-corrected chi connectivity index (χ3v) is 16.9. The molecule has 17 heteroatoms. The van der Waals surface area contributed by atoms with E-state index in [9.17, 15) is 24.0 Å². The SMILES string of the molecule is CCn1c(-c2cccnc2[C@H](C)OC)c2c3cc(ccc31)-c1nc(cs1)C[C@H](NC(=O)[C@H](C1CCCC1)N(C)C(=O)[C@H]1CCN(C(=O)C#CC(C)(C)N3CCC3)C1)C(=O)N1CCC[C@H](N1)C(=O)OCC(C)(C)C2. The van der Waals surface area contributed by atoms with Crippen LogP contribution in [0.5, 0.6) is 0 Å². The number of carbonyl (C=O) groups is 5. The van der Waals surface area contributed by atoms with Gasteiger partial charge in [0.05, 0.1) is 41.2 Å². The van der Waals surface area contributed by atoms with Gasteiger partial charge < -0.3 is 29.2 Å². The summed E-state index contributed by atoms with van der Waals surface area (Å²) in [4.78, 5) is 87.1. The molecule has 16 nitrogen and oxygen atoms in total. The van der Waals surface area contributed by atoms with Gasteiger partial charge in [-0.05, 0) is 120 Å². The Labute approximate surface area is 433 Å². The van der Waals surface area contributed by atoms with E-state index < -0.39 is 52.8 Å². The molecule has 9 rings (SSSR count). The van der Waals surface area contributed by atoms with E-state index in [2.05, 4.69) is 77.1 Å². The summed E-state index contributed by atoms with van der Waals surface area (Å²) in [6, 6.07) is 7.77. The molecule has 1 aliphatic carbocycles. The summed E-state index contributed by atoms with van der Waals surface area (Å²) in [7, 11) is 3.37. The van der Waals surface area contributed by atoms with Crippen molar-refractivity contribution >= 4 is 51.8 Å². The van der Waals surface area contributed by atoms with Crippen molar-refractivity contribution in [1.82, 2.24) is 45.0 Å². The normalized spacial score (nSPS) is 22.7. The number of nitrogens with zero attached hydrogens (tertiary/aromatic N) is 7. The Balaban J connectivity index is 1.02. The Morgan fingerprint density at radius 2 is 1.84 bits per heavy atom. The summed E-state index contributed by atoms with van der Waals surface area (Å²) in [5.41, 5.74) is 8.83. The molecule has 7 heterocycles. The largest absolute Gasteiger partial charge is 0.464 e. The lowest BCUT2D eigenvalue weighted by Gasteiger charge is -2.41. The van der Waals surface area contributed by atoms with Crippen LogP contribution < -0.4 is 10.7 Å². The number of likely N-dealkylation sites (N-methyl/N-ethyl adjacent to an activating group) is 1. The van der Waals surface area contributed by atoms with Gasteiger partial charge in [0.1, 0.15) is 23.1 Å². The Morgan fingerprint density at radius 1 is 1.05 bits per heavy atom. The molecule has 4 fully saturated rings. The molecule has 0 radical (unpaired) electrons. The van der Waals surface area contributed by atoms with Gasteiger partial charge in [0.25, 0.3) is 11.8 Å². The summed E-state index contributed by atoms with van der Waals surface area (Å²) in [5.74, 6) is 3.65. The standard InChI is InChI=1S/C56H73N9O7S/c1-9-64-45-20-19-37-29-41(45)42(49(64)40-17-12-24-57-47(40)35(2)71-8)31-55(3,4)34-72-54(70)43-18-13-27-65(60-43)53(69)44(30-39-33-73-51(37)58-39)59-50(67)48(36-15-10-11-16-36)61(7)52(68)38-22-28-62(32-38)46(66)21-23-56(5,6)63-25-14-26-63/h12,17,19-20,24,29,33,35-36,38,43-44,48,60H,9-11,13-16,18,22,25-28,30-32,34H2,1-8H3,(H,59,67)/t35-,38-,43-,44-,48-/m0/s1. The van der Waals surface area contributed by atoms with Gasteiger partial charge in [0.2, 0.25) is 11.8 Å². The Kier molecular flexibility index (Phi) is 15.5. The highest BCUT2D eigenvalue weighted by Crippen LogP contribution is 2.42. The number of aryl methyl sites for hydroxylation is 1. The van der Waals surface area contributed by atoms with Crippen molar-refractivity contribution in [2.24, 2.45) is 17.3 Å². The molecule has 2 N–H and O–H groups in total. The average molecular weight is 1020 g/mol. The first-order valence-corrected chi connectivity index (χ1v) is 27.3. The van der Waals surface area contributed by atoms with Crippen LogP contribution in [0.25, 0.3) is 32.7 Å². The van der Waals surface area contributed by atoms with Gasteiger partial charge in [0, 0.05) is 98.9 Å². The van der Waals surface area contributed by atoms with E-state index in [1.807, 2.05) is 32.2 Å². The summed E-state index contributed by atoms with van der Waals surface area (Å²) >= 11 is 1.48. The molecule has 4 aliphatic heterocycles. The van der Waals surface area contributed by atoms with E-state index in [1.54, 1.807) is 30.2 Å². The minimum absolute atomic E-state index is 0.0816. The van der Waals surface area contributed by atoms with Crippen molar-refractivity contribution in [1.29, 1.82) is 0 Å². The van der Waals surface area contributed by atoms with E-state index in [0.717, 1.165) is 89.2 Å². The number of methoxy groups -OCH3 is 1. The lowest BCUT2D eigenvalue weighted by molar-refractivity contribution is -0.155. The van der Waals surface area contributed by atoms with Crippen molar-refractivity contribution in [3.05, 3.63) is 58.9 Å². The molecule has 3 saturated heterocycles. The lowest BCUT2D eigenvalue weighted by Crippen LogP contribution is -2.62. The Morgan fingerprint density at radius 3 is 2.56 bits per heavy atom. The van der Waals surface area contributed by atoms with Crippen LogP contribution in [0, 0.1) is 29.1 Å². The third-order valence-electron chi connectivity index (χ3n) is 16.0. The summed E-state index contributed by atoms with van der Waals surface area (Å²) in [6.45, 7) is 16.1. The number of fused-ring (bicyclic) bond motifs is 6. The van der Waals surface area contributed by atoms with Gasteiger partial charge in [-0.1, -0.05) is 32.6 Å². The van der Waals surface area contributed by atoms with Crippen LogP contribution in [0.2, 0.25) is 0 Å². The molecule has 3 aromatic heterocycles. The summed E-state index contributed by atoms with van der Waals surface area (Å²) in [5, 5.41) is 8.36. The predicted molar refractivity (Wildman–Crippen MR) is 281 cm³/mol. The highest BCUT2D eigenvalue weighted by molar-refractivity contribution is 7.13. The van der Waals surface area contributed by atoms with Gasteiger partial charge in [-0.25, -0.2) is 10.4 Å². The Bertz CT molecular complexity index is 2800. The Hall–Kier alpha value is -5.67. The van der Waals surface area contributed by atoms with Gasteiger partial charge in [-0.2, -0.15) is 0 Å². The fraction of sp³-hybridized carbons (Fsp3) is 0.589. The number of amides is 4. The molecule has 0 spiro atoms. The van der Waals surface area contributed by atoms with Gasteiger partial charge in [0.15, 0.2) is 0 Å². The molecule has 0 unspecified atom stereocenters. The van der Waals surface area contributed by atoms with Crippen LogP contribution in [0.4, 0.5) is 0 Å². The third kappa shape index (κ3) is 10.9. The van der Waals surface area contributed by atoms with Crippen LogP contribution in [0.1, 0.15) is 116 Å². The van der Waals surface area contributed by atoms with Crippen molar-refractivity contribution in [3.8, 4) is 33.7 Å². The molecular weight excluding hydrogens is 943 g/mol. The quantitative estimate of drug-likeness (QED) is 0.130. The number of hydrazine groups is 1. The van der Waals surface area contributed by atoms with Gasteiger partial charge in [-0.3, -0.25) is 38.9 Å². The van der Waals surface area contributed by atoms with Crippen molar-refractivity contribution in [3.63, 3.8) is 0 Å². The molecule has 1 aromatic carbocycles. The minimum atomic E-state index is -1.08. The second kappa shape index (κ2) is 21.7. The fourth-order valence-electron chi connectivity index (χ4n) is 11.6. The van der Waals surface area contributed by atoms with Crippen LogP contribution >= 0.6 is 11.3 Å². The summed E-state index contributed by atoms with van der Waals surface area (Å²) < 4.78 is 14.3. The summed E-state index contributed by atoms with van der Waals surface area (Å²) in [6.07, 6.45) is 8.20. The molecule has 390 valence electrons. The number of cyclic esters (lactones) is 1. The molecule has 5 atom stereocenters. The number of rotatable bonds is 10. The number of carbonyl (C=O) groups excluding carboxylic acids is 5. The second-order valence-electron chi connectivity index (χ2n) is 22.1. The first kappa shape index (κ1) is 52.2. The number of benzene rings is 1. The highest BCUT2D eigenvalue weighted by atomic mass is 32.1. The van der Waals surface area contributed by atoms with E-state index in [4.69, 9.17) is 19.4 Å². The number of thiazole rings is 1. The minimum Gasteiger partial charge on any atom is -0.464 e. The maximum absolute atomic E-state index is 15.0. The molecule has 5 aliphatic rings. The molecule has 1 saturated carbocycles. The van der Waals surface area contributed by atoms with Crippen LogP contribution in [0.3, 0.4) is 0 Å². The number of pyridine rings is 1. The number of ether oxygens (including phenoxy) is 2. The number of aromatic nitrogens is 3. The first-order valence-electron chi connectivity index (χ1n) is 26.4. The zero-order chi connectivity index (χ0) is 51.8. The number of nitrogens with one attached hydrogen (secondary N) is 2. The molecule has 6 bridgehead atoms. The van der Waals surface area contributed by atoms with Crippen molar-refractivity contribution in [2.45, 2.75) is 142 Å². The zero-order valence-electron chi connectivity index (χ0n) is 43.9. The van der Waals surface area contributed by atoms with Crippen LogP contribution in [-0.2, 0) is 52.8 Å². The lowest BCUT2D eigenvalue weighted by atomic mass is 9.84. The van der Waals surface area contributed by atoms with Gasteiger partial charge >= 0.3 is 5.97 Å². The molecule has 4 amide bonds. The number of hydrogen-bond acceptors (Lipinski definition) is 12. The average Bonchev–Trinajstić information content (AvgIpc) is 4.21. The molecular formula is C56H73N9O7S. The maximum atomic E-state index is 15.0. The highest BCUT2D eigenvalue weighted by Gasteiger charge is 2.43. The second-order valence-corrected chi connectivity index (χ2v) is 23.0. The van der Waals surface area contributed by atoms with Crippen molar-refractivity contribution < 1.29 is 33.4 Å². The number of likely N-dealkylation sites (tertiary alicyclic amines) is 2. The van der Waals surface area contributed by atoms with Crippen LogP contribution in [-0.4, -0.2) is 141 Å². The first-order chi connectivity index (χ1) is 35.0. The van der Waals surface area contributed by atoms with E-state index >= 15 is 0 Å². The molecule has 73 heavy (non-hydrogen) atoms. The molecule has 4 aromatic rings. The zero-order valence-corrected chi connectivity index (χ0v) is 44.7. The van der Waals surface area contributed by atoms with E-state index in [1.165, 1.54) is 16.3 Å². The van der Waals surface area contributed by atoms with Crippen LogP contribution in [0.15, 0.2) is 41.9 Å². The fourth-order valence-corrected chi connectivity index (χ4v) is 12.4. The van der Waals surface area contributed by atoms with Gasteiger partial charge in [-0.15, -0.1) is 11.3 Å². The van der Waals surface area contributed by atoms with E-state index in [-0.39, 0.29) is 43.4 Å².